The van der Waals surface area contributed by atoms with Gasteiger partial charge in [0.05, 0.1) is 6.61 Å². The Labute approximate surface area is 79.0 Å². The highest BCUT2D eigenvalue weighted by atomic mass is 16.3. The van der Waals surface area contributed by atoms with E-state index in [2.05, 4.69) is 17.5 Å². The second-order valence-electron chi connectivity index (χ2n) is 2.77. The number of hydrogen-bond donors (Lipinski definition) is 2. The van der Waals surface area contributed by atoms with Gasteiger partial charge < -0.3 is 10.4 Å². The SMILES string of the molecule is OCCNCC1=C/C=C\C=C/C=C1. The van der Waals surface area contributed by atoms with Crippen LogP contribution >= 0.6 is 0 Å². The first-order valence-electron chi connectivity index (χ1n) is 4.45. The van der Waals surface area contributed by atoms with E-state index in [9.17, 15) is 0 Å². The molecule has 0 unspecified atom stereocenters. The van der Waals surface area contributed by atoms with Crippen LogP contribution < -0.4 is 5.32 Å². The lowest BCUT2D eigenvalue weighted by Gasteiger charge is -2.03. The molecule has 2 N–H and O–H groups in total. The molecule has 0 aromatic heterocycles. The van der Waals surface area contributed by atoms with Crippen molar-refractivity contribution in [1.29, 1.82) is 0 Å². The van der Waals surface area contributed by atoms with Gasteiger partial charge in [0.2, 0.25) is 0 Å². The van der Waals surface area contributed by atoms with E-state index in [1.54, 1.807) is 0 Å². The molecule has 0 spiro atoms. The quantitative estimate of drug-likeness (QED) is 0.632. The molecule has 70 valence electrons. The van der Waals surface area contributed by atoms with Crippen molar-refractivity contribution in [2.24, 2.45) is 0 Å². The predicted molar refractivity (Wildman–Crippen MR) is 55.5 cm³/mol. The number of hydrogen-bond acceptors (Lipinski definition) is 2. The maximum Gasteiger partial charge on any atom is 0.0556 e. The normalized spacial score (nSPS) is 20.2. The lowest BCUT2D eigenvalue weighted by molar-refractivity contribution is 0.294. The average Bonchev–Trinajstić information content (AvgIpc) is 2.08. The fourth-order valence-corrected chi connectivity index (χ4v) is 1.04. The van der Waals surface area contributed by atoms with E-state index in [0.29, 0.717) is 6.54 Å². The number of nitrogens with one attached hydrogen (secondary N) is 1. The van der Waals surface area contributed by atoms with Gasteiger partial charge in [0.1, 0.15) is 0 Å². The summed E-state index contributed by atoms with van der Waals surface area (Å²) in [5.74, 6) is 0. The van der Waals surface area contributed by atoms with Gasteiger partial charge in [0.15, 0.2) is 0 Å². The minimum absolute atomic E-state index is 0.187. The van der Waals surface area contributed by atoms with Gasteiger partial charge in [0.25, 0.3) is 0 Å². The Morgan fingerprint density at radius 3 is 2.69 bits per heavy atom. The zero-order chi connectivity index (χ0) is 9.36. The van der Waals surface area contributed by atoms with Crippen LogP contribution in [-0.4, -0.2) is 24.8 Å². The number of rotatable bonds is 4. The maximum absolute atomic E-state index is 8.57. The van der Waals surface area contributed by atoms with Crippen molar-refractivity contribution < 1.29 is 5.11 Å². The van der Waals surface area contributed by atoms with Crippen molar-refractivity contribution in [2.75, 3.05) is 19.7 Å². The van der Waals surface area contributed by atoms with Gasteiger partial charge in [-0.3, -0.25) is 0 Å². The smallest absolute Gasteiger partial charge is 0.0556 e. The van der Waals surface area contributed by atoms with E-state index in [1.165, 1.54) is 5.57 Å². The minimum Gasteiger partial charge on any atom is -0.395 e. The first-order chi connectivity index (χ1) is 6.43. The molecule has 0 atom stereocenters. The van der Waals surface area contributed by atoms with Gasteiger partial charge in [0, 0.05) is 13.1 Å². The van der Waals surface area contributed by atoms with Crippen molar-refractivity contribution in [2.45, 2.75) is 0 Å². The third-order valence-electron chi connectivity index (χ3n) is 1.68. The topological polar surface area (TPSA) is 32.3 Å². The Balaban J connectivity index is 2.39. The largest absolute Gasteiger partial charge is 0.395 e. The van der Waals surface area contributed by atoms with Gasteiger partial charge >= 0.3 is 0 Å². The summed E-state index contributed by atoms with van der Waals surface area (Å²) in [4.78, 5) is 0. The van der Waals surface area contributed by atoms with E-state index in [-0.39, 0.29) is 6.61 Å². The van der Waals surface area contributed by atoms with Crippen LogP contribution in [0, 0.1) is 0 Å². The van der Waals surface area contributed by atoms with Crippen LogP contribution in [0.25, 0.3) is 0 Å². The first-order valence-corrected chi connectivity index (χ1v) is 4.45. The molecule has 0 amide bonds. The second kappa shape index (κ2) is 6.40. The van der Waals surface area contributed by atoms with E-state index in [0.717, 1.165) is 6.54 Å². The Morgan fingerprint density at radius 2 is 1.85 bits per heavy atom. The minimum atomic E-state index is 0.187. The molecule has 0 saturated heterocycles. The van der Waals surface area contributed by atoms with E-state index in [1.807, 2.05) is 30.4 Å². The van der Waals surface area contributed by atoms with Crippen LogP contribution in [0.2, 0.25) is 0 Å². The maximum atomic E-state index is 8.57. The average molecular weight is 177 g/mol. The van der Waals surface area contributed by atoms with Crippen molar-refractivity contribution in [3.8, 4) is 0 Å². The summed E-state index contributed by atoms with van der Waals surface area (Å²) in [5.41, 5.74) is 1.22. The molecule has 1 aliphatic rings. The molecule has 1 rings (SSSR count). The third kappa shape index (κ3) is 4.45. The molecule has 2 nitrogen and oxygen atoms in total. The molecule has 1 aliphatic carbocycles. The van der Waals surface area contributed by atoms with E-state index >= 15 is 0 Å². The summed E-state index contributed by atoms with van der Waals surface area (Å²) in [7, 11) is 0. The highest BCUT2D eigenvalue weighted by Crippen LogP contribution is 1.99. The van der Waals surface area contributed by atoms with Crippen LogP contribution in [0.1, 0.15) is 0 Å². The molecule has 0 radical (unpaired) electrons. The highest BCUT2D eigenvalue weighted by Gasteiger charge is 1.90. The summed E-state index contributed by atoms with van der Waals surface area (Å²) in [5, 5.41) is 11.7. The van der Waals surface area contributed by atoms with E-state index < -0.39 is 0 Å². The molecular formula is C11H15NO. The van der Waals surface area contributed by atoms with Crippen molar-refractivity contribution in [3.63, 3.8) is 0 Å². The van der Waals surface area contributed by atoms with Gasteiger partial charge in [-0.1, -0.05) is 42.5 Å². The molecular weight excluding hydrogens is 162 g/mol. The molecule has 13 heavy (non-hydrogen) atoms. The van der Waals surface area contributed by atoms with Crippen molar-refractivity contribution in [1.82, 2.24) is 5.32 Å². The predicted octanol–water partition coefficient (Wildman–Crippen LogP) is 1.18. The molecule has 0 aromatic carbocycles. The van der Waals surface area contributed by atoms with Gasteiger partial charge in [-0.15, -0.1) is 0 Å². The van der Waals surface area contributed by atoms with Crippen LogP contribution in [0.5, 0.6) is 0 Å². The Bertz CT molecular complexity index is 249. The van der Waals surface area contributed by atoms with Crippen LogP contribution in [0.15, 0.2) is 48.1 Å². The lowest BCUT2D eigenvalue weighted by Crippen LogP contribution is -2.20. The fraction of sp³-hybridized carbons (Fsp3) is 0.273. The zero-order valence-electron chi connectivity index (χ0n) is 7.61. The molecule has 0 aliphatic heterocycles. The summed E-state index contributed by atoms with van der Waals surface area (Å²) >= 11 is 0. The summed E-state index contributed by atoms with van der Waals surface area (Å²) in [6, 6.07) is 0. The molecule has 0 heterocycles. The molecule has 2 heteroatoms. The number of aliphatic hydroxyl groups excluding tert-OH is 1. The van der Waals surface area contributed by atoms with E-state index in [4.69, 9.17) is 5.11 Å². The third-order valence-corrected chi connectivity index (χ3v) is 1.68. The first kappa shape index (κ1) is 9.96. The Morgan fingerprint density at radius 1 is 1.08 bits per heavy atom. The van der Waals surface area contributed by atoms with Crippen LogP contribution in [-0.2, 0) is 0 Å². The Kier molecular flexibility index (Phi) is 4.91. The van der Waals surface area contributed by atoms with Crippen LogP contribution in [0.3, 0.4) is 0 Å². The molecule has 0 aromatic rings. The standard InChI is InChI=1S/C11H15NO/c13-9-8-12-10-11-6-4-2-1-3-5-7-11/h1-7,12-13H,8-10H2/b2-1-,3-1?,4-2?,5-3-,6-4?,7-5?,11-6?,11-7?. The van der Waals surface area contributed by atoms with Gasteiger partial charge in [-0.2, -0.15) is 0 Å². The summed E-state index contributed by atoms with van der Waals surface area (Å²) < 4.78 is 0. The van der Waals surface area contributed by atoms with Gasteiger partial charge in [-0.25, -0.2) is 0 Å². The number of aliphatic hydroxyl groups is 1. The van der Waals surface area contributed by atoms with Crippen molar-refractivity contribution >= 4 is 0 Å². The molecule has 0 fully saturated rings. The summed E-state index contributed by atoms with van der Waals surface area (Å²) in [6.45, 7) is 1.63. The number of allylic oxidation sites excluding steroid dienone is 6. The fourth-order valence-electron chi connectivity index (χ4n) is 1.04. The summed E-state index contributed by atoms with van der Waals surface area (Å²) in [6.07, 6.45) is 14.1. The van der Waals surface area contributed by atoms with Crippen molar-refractivity contribution in [3.05, 3.63) is 48.1 Å². The monoisotopic (exact) mass is 177 g/mol. The highest BCUT2D eigenvalue weighted by molar-refractivity contribution is 5.31. The lowest BCUT2D eigenvalue weighted by atomic mass is 10.2. The molecule has 0 saturated carbocycles. The van der Waals surface area contributed by atoms with Crippen LogP contribution in [0.4, 0.5) is 0 Å². The molecule has 0 bridgehead atoms. The zero-order valence-corrected chi connectivity index (χ0v) is 7.61. The van der Waals surface area contributed by atoms with Gasteiger partial charge in [-0.05, 0) is 5.57 Å². The Hall–Kier alpha value is -1.12. The second-order valence-corrected chi connectivity index (χ2v) is 2.77.